The number of aryl methyl sites for hydroxylation is 1. The molecule has 5 nitrogen and oxygen atoms in total. The van der Waals surface area contributed by atoms with Crippen LogP contribution < -0.4 is 10.6 Å². The maximum absolute atomic E-state index is 11.7. The van der Waals surface area contributed by atoms with E-state index in [-0.39, 0.29) is 0 Å². The molecule has 0 radical (unpaired) electrons. The summed E-state index contributed by atoms with van der Waals surface area (Å²) in [6, 6.07) is 15.9. The molecule has 146 valence electrons. The highest BCUT2D eigenvalue weighted by atomic mass is 32.2. The van der Waals surface area contributed by atoms with E-state index in [0.29, 0.717) is 17.4 Å². The van der Waals surface area contributed by atoms with Crippen molar-refractivity contribution < 1.29 is 8.42 Å². The van der Waals surface area contributed by atoms with Gasteiger partial charge in [0.1, 0.15) is 0 Å². The van der Waals surface area contributed by atoms with Crippen LogP contribution >= 0.6 is 0 Å². The zero-order valence-corrected chi connectivity index (χ0v) is 17.3. The number of rotatable bonds is 7. The molecule has 27 heavy (non-hydrogen) atoms. The molecule has 0 aliphatic carbocycles. The number of sulfone groups is 1. The third kappa shape index (κ3) is 6.10. The van der Waals surface area contributed by atoms with Gasteiger partial charge in [-0.3, -0.25) is 4.99 Å². The van der Waals surface area contributed by atoms with Gasteiger partial charge in [-0.15, -0.1) is 0 Å². The van der Waals surface area contributed by atoms with Crippen LogP contribution in [0.5, 0.6) is 0 Å². The molecule has 2 aromatic carbocycles. The van der Waals surface area contributed by atoms with E-state index in [1.165, 1.54) is 11.8 Å². The van der Waals surface area contributed by atoms with Crippen molar-refractivity contribution in [2.75, 3.05) is 19.8 Å². The maximum atomic E-state index is 11.7. The van der Waals surface area contributed by atoms with E-state index in [9.17, 15) is 8.42 Å². The summed E-state index contributed by atoms with van der Waals surface area (Å²) < 4.78 is 23.5. The highest BCUT2D eigenvalue weighted by molar-refractivity contribution is 7.90. The predicted octanol–water partition coefficient (Wildman–Crippen LogP) is 3.26. The van der Waals surface area contributed by atoms with Crippen LogP contribution in [0.2, 0.25) is 0 Å². The van der Waals surface area contributed by atoms with Crippen molar-refractivity contribution in [3.63, 3.8) is 0 Å². The summed E-state index contributed by atoms with van der Waals surface area (Å²) in [6.07, 6.45) is 2.27. The van der Waals surface area contributed by atoms with Gasteiger partial charge in [0.2, 0.25) is 0 Å². The zero-order chi connectivity index (χ0) is 19.9. The predicted molar refractivity (Wildman–Crippen MR) is 112 cm³/mol. The van der Waals surface area contributed by atoms with Gasteiger partial charge in [-0.2, -0.15) is 0 Å². The van der Waals surface area contributed by atoms with Gasteiger partial charge in [-0.05, 0) is 36.1 Å². The third-order valence-electron chi connectivity index (χ3n) is 4.60. The Hall–Kier alpha value is -2.34. The number of aliphatic imine (C=N–C) groups is 1. The Morgan fingerprint density at radius 2 is 1.81 bits per heavy atom. The van der Waals surface area contributed by atoms with Crippen molar-refractivity contribution >= 4 is 15.8 Å². The van der Waals surface area contributed by atoms with E-state index in [1.807, 2.05) is 25.1 Å². The molecule has 0 saturated heterocycles. The summed E-state index contributed by atoms with van der Waals surface area (Å²) in [4.78, 5) is 4.66. The van der Waals surface area contributed by atoms with Crippen LogP contribution in [0.15, 0.2) is 58.4 Å². The first kappa shape index (κ1) is 21.0. The Balaban J connectivity index is 1.95. The minimum Gasteiger partial charge on any atom is -0.356 e. The number of hydrogen-bond donors (Lipinski definition) is 2. The minimum atomic E-state index is -3.19. The van der Waals surface area contributed by atoms with Gasteiger partial charge in [0.05, 0.1) is 4.90 Å². The van der Waals surface area contributed by atoms with Gasteiger partial charge in [-0.1, -0.05) is 49.4 Å². The van der Waals surface area contributed by atoms with E-state index in [0.717, 1.165) is 30.1 Å². The quantitative estimate of drug-likeness (QED) is 0.565. The number of nitrogens with one attached hydrogen (secondary N) is 2. The fourth-order valence-corrected chi connectivity index (χ4v) is 4.05. The molecule has 1 unspecified atom stereocenters. The van der Waals surface area contributed by atoms with Crippen molar-refractivity contribution in [2.24, 2.45) is 4.99 Å². The first-order valence-electron chi connectivity index (χ1n) is 9.14. The van der Waals surface area contributed by atoms with E-state index < -0.39 is 9.84 Å². The van der Waals surface area contributed by atoms with Crippen LogP contribution in [0, 0.1) is 6.92 Å². The van der Waals surface area contributed by atoms with Gasteiger partial charge in [0.15, 0.2) is 15.8 Å². The second-order valence-electron chi connectivity index (χ2n) is 6.69. The normalized spacial score (nSPS) is 13.3. The smallest absolute Gasteiger partial charge is 0.191 e. The number of benzene rings is 2. The molecule has 0 spiro atoms. The van der Waals surface area contributed by atoms with Gasteiger partial charge < -0.3 is 10.6 Å². The van der Waals surface area contributed by atoms with Gasteiger partial charge in [0, 0.05) is 32.3 Å². The number of guanidine groups is 1. The second-order valence-corrected chi connectivity index (χ2v) is 8.68. The van der Waals surface area contributed by atoms with Crippen LogP contribution in [0.1, 0.15) is 36.0 Å². The SMILES string of the molecule is CCC(CNC(=NC)NCc1ccc(S(C)(=O)=O)c(C)c1)c1ccccc1. The Bertz CT molecular complexity index is 878. The Morgan fingerprint density at radius 3 is 2.37 bits per heavy atom. The van der Waals surface area contributed by atoms with Crippen molar-refractivity contribution in [3.8, 4) is 0 Å². The molecule has 0 bridgehead atoms. The van der Waals surface area contributed by atoms with Gasteiger partial charge in [-0.25, -0.2) is 8.42 Å². The van der Waals surface area contributed by atoms with Crippen LogP contribution in [0.3, 0.4) is 0 Å². The molecule has 0 fully saturated rings. The molecule has 0 aliphatic rings. The fourth-order valence-electron chi connectivity index (χ4n) is 3.09. The molecule has 1 atom stereocenters. The van der Waals surface area contributed by atoms with Gasteiger partial charge in [0.25, 0.3) is 0 Å². The summed E-state index contributed by atoms with van der Waals surface area (Å²) in [5.74, 6) is 1.15. The largest absolute Gasteiger partial charge is 0.356 e. The monoisotopic (exact) mass is 387 g/mol. The average molecular weight is 388 g/mol. The Kier molecular flexibility index (Phi) is 7.42. The number of hydrogen-bond acceptors (Lipinski definition) is 3. The molecule has 2 rings (SSSR count). The van der Waals surface area contributed by atoms with Crippen LogP contribution in [-0.4, -0.2) is 34.2 Å². The summed E-state index contributed by atoms with van der Waals surface area (Å²) in [7, 11) is -1.44. The molecular formula is C21H29N3O2S. The van der Waals surface area contributed by atoms with Crippen LogP contribution in [0.4, 0.5) is 0 Å². The van der Waals surface area contributed by atoms with E-state index in [1.54, 1.807) is 13.1 Å². The Labute approximate surface area is 162 Å². The first-order chi connectivity index (χ1) is 12.8. The van der Waals surface area contributed by atoms with E-state index >= 15 is 0 Å². The topological polar surface area (TPSA) is 70.6 Å². The van der Waals surface area contributed by atoms with E-state index in [2.05, 4.69) is 46.8 Å². The first-order valence-corrected chi connectivity index (χ1v) is 11.0. The third-order valence-corrected chi connectivity index (χ3v) is 5.86. The standard InChI is InChI=1S/C21H29N3O2S/c1-5-18(19-9-7-6-8-10-19)15-24-21(22-3)23-14-17-11-12-20(16(2)13-17)27(4,25)26/h6-13,18H,5,14-15H2,1-4H3,(H2,22,23,24). The lowest BCUT2D eigenvalue weighted by atomic mass is 9.97. The summed E-state index contributed by atoms with van der Waals surface area (Å²) in [5.41, 5.74) is 3.09. The molecule has 0 amide bonds. The zero-order valence-electron chi connectivity index (χ0n) is 16.5. The maximum Gasteiger partial charge on any atom is 0.191 e. The summed E-state index contributed by atoms with van der Waals surface area (Å²) >= 11 is 0. The molecule has 6 heteroatoms. The molecule has 0 heterocycles. The molecular weight excluding hydrogens is 358 g/mol. The van der Waals surface area contributed by atoms with Crippen molar-refractivity contribution in [1.82, 2.24) is 10.6 Å². The lowest BCUT2D eigenvalue weighted by molar-refractivity contribution is 0.601. The van der Waals surface area contributed by atoms with E-state index in [4.69, 9.17) is 0 Å². The fraction of sp³-hybridized carbons (Fsp3) is 0.381. The molecule has 0 aliphatic heterocycles. The molecule has 0 saturated carbocycles. The average Bonchev–Trinajstić information content (AvgIpc) is 2.64. The molecule has 2 aromatic rings. The molecule has 2 N–H and O–H groups in total. The highest BCUT2D eigenvalue weighted by Gasteiger charge is 2.12. The summed E-state index contributed by atoms with van der Waals surface area (Å²) in [5, 5.41) is 6.67. The van der Waals surface area contributed by atoms with Crippen LogP contribution in [0.25, 0.3) is 0 Å². The number of nitrogens with zero attached hydrogens (tertiary/aromatic N) is 1. The van der Waals surface area contributed by atoms with Crippen molar-refractivity contribution in [3.05, 3.63) is 65.2 Å². The minimum absolute atomic E-state index is 0.377. The highest BCUT2D eigenvalue weighted by Crippen LogP contribution is 2.18. The van der Waals surface area contributed by atoms with Crippen LogP contribution in [-0.2, 0) is 16.4 Å². The van der Waals surface area contributed by atoms with Gasteiger partial charge >= 0.3 is 0 Å². The van der Waals surface area contributed by atoms with Crippen molar-refractivity contribution in [2.45, 2.75) is 37.6 Å². The lowest BCUT2D eigenvalue weighted by Crippen LogP contribution is -2.39. The lowest BCUT2D eigenvalue weighted by Gasteiger charge is -2.19. The summed E-state index contributed by atoms with van der Waals surface area (Å²) in [6.45, 7) is 5.37. The molecule has 0 aromatic heterocycles. The Morgan fingerprint density at radius 1 is 1.11 bits per heavy atom. The van der Waals surface area contributed by atoms with Crippen molar-refractivity contribution in [1.29, 1.82) is 0 Å². The second kappa shape index (κ2) is 9.55.